The molecule has 76 valence electrons. The van der Waals surface area contributed by atoms with Gasteiger partial charge in [0.05, 0.1) is 5.56 Å². The molecule has 0 aromatic heterocycles. The van der Waals surface area contributed by atoms with Gasteiger partial charge >= 0.3 is 59.4 Å². The predicted molar refractivity (Wildman–Crippen MR) is 59.7 cm³/mol. The van der Waals surface area contributed by atoms with Gasteiger partial charge in [-0.15, -0.1) is 0 Å². The van der Waals surface area contributed by atoms with Crippen molar-refractivity contribution >= 4 is 59.4 Å². The normalized spacial score (nSPS) is 8.13. The topological polar surface area (TPSA) is 87.0 Å². The molecule has 3 N–H and O–H groups in total. The second-order valence-electron chi connectivity index (χ2n) is 2.25. The Labute approximate surface area is 125 Å². The molecule has 1 rings (SSSR count). The Balaban J connectivity index is -0.0000000704. The second kappa shape index (κ2) is 8.19. The van der Waals surface area contributed by atoms with E-state index in [0.717, 1.165) is 0 Å². The second-order valence-corrected chi connectivity index (χ2v) is 2.25. The Morgan fingerprint density at radius 3 is 2.27 bits per heavy atom. The van der Waals surface area contributed by atoms with Crippen LogP contribution in [0.1, 0.15) is 16.1 Å². The zero-order valence-electron chi connectivity index (χ0n) is 12.0. The number of benzene rings is 1. The summed E-state index contributed by atoms with van der Waals surface area (Å²) in [6, 6.07) is 5.64. The van der Waals surface area contributed by atoms with Crippen LogP contribution in [0.3, 0.4) is 0 Å². The average Bonchev–Trinajstić information content (AvgIpc) is 2.03. The average molecular weight is 235 g/mol. The molecule has 0 radical (unpaired) electrons. The van der Waals surface area contributed by atoms with Crippen molar-refractivity contribution in [3.8, 4) is 5.75 Å². The van der Waals surface area contributed by atoms with Gasteiger partial charge in [0.1, 0.15) is 5.75 Å². The van der Waals surface area contributed by atoms with E-state index >= 15 is 0 Å². The van der Waals surface area contributed by atoms with Gasteiger partial charge in [0, 0.05) is 0 Å². The summed E-state index contributed by atoms with van der Waals surface area (Å²) in [6.07, 6.45) is 0. The van der Waals surface area contributed by atoms with Gasteiger partial charge in [-0.25, -0.2) is 4.79 Å². The molecule has 0 heterocycles. The number of phenolic OH excluding ortho intramolecular Hbond substituents is 1. The fraction of sp³-hybridized carbons (Fsp3) is 0. The van der Waals surface area contributed by atoms with E-state index in [1.54, 1.807) is 0 Å². The molecule has 0 saturated heterocycles. The first-order chi connectivity index (χ1) is 6.11. The van der Waals surface area contributed by atoms with Crippen molar-refractivity contribution in [2.24, 2.45) is 0 Å². The quantitative estimate of drug-likeness (QED) is 0.584. The van der Waals surface area contributed by atoms with E-state index in [4.69, 9.17) is 15.2 Å². The number of aromatic hydroxyl groups is 1. The fourth-order valence-corrected chi connectivity index (χ4v) is 0.805. The molecule has 1 aromatic rings. The van der Waals surface area contributed by atoms with Gasteiger partial charge in [-0.1, -0.05) is 12.1 Å². The van der Waals surface area contributed by atoms with Gasteiger partial charge in [-0.3, -0.25) is 0 Å². The van der Waals surface area contributed by atoms with Crippen molar-refractivity contribution in [2.75, 3.05) is 0 Å². The van der Waals surface area contributed by atoms with Crippen LogP contribution < -0.4 is 0 Å². The van der Waals surface area contributed by atoms with Gasteiger partial charge in [-0.2, -0.15) is 0 Å². The van der Waals surface area contributed by atoms with Crippen LogP contribution in [0.2, 0.25) is 0 Å². The number of phenols is 1. The maximum atomic E-state index is 11.0. The van der Waals surface area contributed by atoms with Crippen molar-refractivity contribution < 1.29 is 30.3 Å². The summed E-state index contributed by atoms with van der Waals surface area (Å²) < 4.78 is 4.03. The first kappa shape index (κ1) is 17.4. The van der Waals surface area contributed by atoms with Crippen LogP contribution in [0.15, 0.2) is 24.3 Å². The predicted octanol–water partition coefficient (Wildman–Crippen LogP) is -0.793. The number of carbonyl (C=O) groups is 1. The van der Waals surface area contributed by atoms with Gasteiger partial charge in [0.25, 0.3) is 0 Å². The summed E-state index contributed by atoms with van der Waals surface area (Å²) in [6.45, 7) is 0. The van der Waals surface area contributed by atoms with Crippen LogP contribution in [0.25, 0.3) is 0 Å². The zero-order valence-corrected chi connectivity index (χ0v) is 10.8. The molecule has 0 aliphatic rings. The molecular formula is C7H11BMg2O5. The van der Waals surface area contributed by atoms with Gasteiger partial charge in [-0.05, 0) is 12.1 Å². The molecule has 0 fully saturated rings. The molecule has 0 bridgehead atoms. The van der Waals surface area contributed by atoms with Crippen molar-refractivity contribution in [3.05, 3.63) is 29.8 Å². The maximum Gasteiger partial charge on any atom is 2.00 e. The van der Waals surface area contributed by atoms with E-state index in [1.807, 2.05) is 0 Å². The van der Waals surface area contributed by atoms with Crippen molar-refractivity contribution in [2.45, 2.75) is 0 Å². The Kier molecular flexibility index (Phi) is 9.51. The fourth-order valence-electron chi connectivity index (χ4n) is 0.805. The summed E-state index contributed by atoms with van der Waals surface area (Å²) in [5.41, 5.74) is -0.115. The van der Waals surface area contributed by atoms with E-state index in [1.165, 1.54) is 24.3 Å². The minimum Gasteiger partial charge on any atom is -1.00 e. The van der Waals surface area contributed by atoms with E-state index in [2.05, 4.69) is 4.65 Å². The molecule has 5 nitrogen and oxygen atoms in total. The third kappa shape index (κ3) is 5.59. The first-order valence-corrected chi connectivity index (χ1v) is 3.46. The van der Waals surface area contributed by atoms with Crippen molar-refractivity contribution in [1.29, 1.82) is 0 Å². The first-order valence-electron chi connectivity index (χ1n) is 3.46. The molecule has 15 heavy (non-hydrogen) atoms. The van der Waals surface area contributed by atoms with Crippen LogP contribution >= 0.6 is 0 Å². The number of hydrogen-bond donors (Lipinski definition) is 3. The molecule has 0 amide bonds. The molecule has 0 aliphatic carbocycles. The van der Waals surface area contributed by atoms with Crippen LogP contribution in [0, 0.1) is 0 Å². The van der Waals surface area contributed by atoms with E-state index in [9.17, 15) is 4.79 Å². The Hall–Kier alpha value is 0.00740. The summed E-state index contributed by atoms with van der Waals surface area (Å²) in [4.78, 5) is 11.0. The molecule has 0 unspecified atom stereocenters. The molecule has 8 heteroatoms. The Bertz CT molecular complexity index is 334. The Morgan fingerprint density at radius 1 is 1.27 bits per heavy atom. The SMILES string of the molecule is O=C(OB(O)O)c1ccccc1O.[H-].[H-].[H-].[H-].[Mg+2].[Mg+2]. The van der Waals surface area contributed by atoms with E-state index < -0.39 is 13.3 Å². The third-order valence-corrected chi connectivity index (χ3v) is 1.34. The third-order valence-electron chi connectivity index (χ3n) is 1.34. The van der Waals surface area contributed by atoms with Gasteiger partial charge in [0.2, 0.25) is 0 Å². The van der Waals surface area contributed by atoms with Crippen molar-refractivity contribution in [1.82, 2.24) is 0 Å². The van der Waals surface area contributed by atoms with E-state index in [-0.39, 0.29) is 63.1 Å². The number of carbonyl (C=O) groups excluding carboxylic acids is 1. The summed E-state index contributed by atoms with van der Waals surface area (Å²) in [7, 11) is -2.17. The molecule has 0 aliphatic heterocycles. The summed E-state index contributed by atoms with van der Waals surface area (Å²) in [5.74, 6) is -1.26. The van der Waals surface area contributed by atoms with Gasteiger partial charge in [0.15, 0.2) is 0 Å². The molecule has 1 aromatic carbocycles. The number of rotatable bonds is 2. The molecule has 0 spiro atoms. The maximum absolute atomic E-state index is 11.0. The minimum absolute atomic E-state index is 0. The molecular weight excluding hydrogens is 223 g/mol. The van der Waals surface area contributed by atoms with Crippen LogP contribution in [-0.4, -0.2) is 74.6 Å². The number of para-hydroxylation sites is 1. The monoisotopic (exact) mass is 234 g/mol. The van der Waals surface area contributed by atoms with E-state index in [0.29, 0.717) is 0 Å². The minimum atomic E-state index is -2.17. The Morgan fingerprint density at radius 2 is 1.80 bits per heavy atom. The largest absolute Gasteiger partial charge is 2.00 e. The van der Waals surface area contributed by atoms with Crippen LogP contribution in [0.4, 0.5) is 0 Å². The number of hydrogen-bond acceptors (Lipinski definition) is 5. The standard InChI is InChI=1S/C7H7BO5.2Mg.4H/c9-6-4-2-1-3-5(6)7(10)13-8(11)12;;;;;;/h1-4,9,11-12H;;;;;;/q;2*+2;4*-1. The van der Waals surface area contributed by atoms with Crippen LogP contribution in [0.5, 0.6) is 5.75 Å². The molecule has 0 saturated carbocycles. The van der Waals surface area contributed by atoms with Gasteiger partial charge < -0.3 is 25.5 Å². The summed E-state index contributed by atoms with van der Waals surface area (Å²) >= 11 is 0. The zero-order chi connectivity index (χ0) is 9.84. The van der Waals surface area contributed by atoms with Crippen LogP contribution in [-0.2, 0) is 4.65 Å². The summed E-state index contributed by atoms with van der Waals surface area (Å²) in [5, 5.41) is 25.7. The molecule has 0 atom stereocenters. The smallest absolute Gasteiger partial charge is 1.00 e. The van der Waals surface area contributed by atoms with Crippen molar-refractivity contribution in [3.63, 3.8) is 0 Å².